The molecule has 1 aromatic rings. The van der Waals surface area contributed by atoms with Crippen molar-refractivity contribution < 1.29 is 13.9 Å². The summed E-state index contributed by atoms with van der Waals surface area (Å²) < 4.78 is 18.6. The molecule has 1 unspecified atom stereocenters. The van der Waals surface area contributed by atoms with Crippen LogP contribution in [-0.4, -0.2) is 16.6 Å². The number of esters is 1. The molecule has 0 saturated heterocycles. The molecule has 0 aliphatic rings. The van der Waals surface area contributed by atoms with Gasteiger partial charge in [-0.25, -0.2) is 4.39 Å². The first kappa shape index (κ1) is 13.6. The van der Waals surface area contributed by atoms with E-state index in [4.69, 9.17) is 4.74 Å². The number of hydrogen-bond acceptors (Lipinski definition) is 3. The fraction of sp³-hybridized carbons (Fsp3) is 0.538. The minimum Gasteiger partial charge on any atom is -0.460 e. The average Bonchev–Trinajstić information content (AvgIpc) is 2.18. The Labute approximate surface area is 101 Å². The summed E-state index contributed by atoms with van der Waals surface area (Å²) in [4.78, 5) is 15.6. The van der Waals surface area contributed by atoms with E-state index in [1.54, 1.807) is 27.7 Å². The van der Waals surface area contributed by atoms with Crippen molar-refractivity contribution in [3.05, 3.63) is 29.8 Å². The van der Waals surface area contributed by atoms with Crippen LogP contribution in [0.15, 0.2) is 18.3 Å². The molecule has 1 rings (SSSR count). The smallest absolute Gasteiger partial charge is 0.309 e. The molecule has 4 heteroatoms. The van der Waals surface area contributed by atoms with E-state index in [-0.39, 0.29) is 18.2 Å². The summed E-state index contributed by atoms with van der Waals surface area (Å²) in [6.45, 7) is 7.12. The monoisotopic (exact) mass is 239 g/mol. The minimum absolute atomic E-state index is 0.252. The van der Waals surface area contributed by atoms with E-state index < -0.39 is 11.5 Å². The van der Waals surface area contributed by atoms with Crippen molar-refractivity contribution in [1.82, 2.24) is 4.98 Å². The van der Waals surface area contributed by atoms with E-state index in [0.717, 1.165) is 0 Å². The molecule has 1 heterocycles. The summed E-state index contributed by atoms with van der Waals surface area (Å²) in [7, 11) is 0. The molecule has 3 nitrogen and oxygen atoms in total. The van der Waals surface area contributed by atoms with Crippen molar-refractivity contribution in [3.63, 3.8) is 0 Å². The number of hydrogen-bond donors (Lipinski definition) is 0. The lowest BCUT2D eigenvalue weighted by atomic mass is 10.0. The van der Waals surface area contributed by atoms with E-state index in [2.05, 4.69) is 4.98 Å². The van der Waals surface area contributed by atoms with Crippen molar-refractivity contribution in [1.29, 1.82) is 0 Å². The van der Waals surface area contributed by atoms with Crippen molar-refractivity contribution in [2.75, 3.05) is 0 Å². The quantitative estimate of drug-likeness (QED) is 0.761. The topological polar surface area (TPSA) is 39.2 Å². The molecule has 1 atom stereocenters. The van der Waals surface area contributed by atoms with Gasteiger partial charge < -0.3 is 4.74 Å². The zero-order chi connectivity index (χ0) is 13.1. The first-order valence-corrected chi connectivity index (χ1v) is 5.62. The Bertz CT molecular complexity index is 399. The second kappa shape index (κ2) is 5.25. The van der Waals surface area contributed by atoms with Crippen molar-refractivity contribution in [3.8, 4) is 0 Å². The highest BCUT2D eigenvalue weighted by Gasteiger charge is 2.23. The minimum atomic E-state index is -0.520. The van der Waals surface area contributed by atoms with E-state index in [9.17, 15) is 9.18 Å². The molecule has 0 N–H and O–H groups in total. The first-order valence-electron chi connectivity index (χ1n) is 5.62. The highest BCUT2D eigenvalue weighted by Crippen LogP contribution is 2.15. The molecule has 0 saturated carbocycles. The van der Waals surface area contributed by atoms with Crippen molar-refractivity contribution >= 4 is 5.97 Å². The summed E-state index contributed by atoms with van der Waals surface area (Å²) >= 11 is 0. The van der Waals surface area contributed by atoms with Gasteiger partial charge in [0.05, 0.1) is 11.6 Å². The van der Waals surface area contributed by atoms with Gasteiger partial charge in [0.2, 0.25) is 0 Å². The van der Waals surface area contributed by atoms with Gasteiger partial charge in [0.15, 0.2) is 0 Å². The van der Waals surface area contributed by atoms with Crippen LogP contribution in [0.25, 0.3) is 0 Å². The molecule has 17 heavy (non-hydrogen) atoms. The molecule has 1 aromatic heterocycles. The second-order valence-electron chi connectivity index (χ2n) is 5.07. The third-order valence-corrected chi connectivity index (χ3v) is 2.14. The lowest BCUT2D eigenvalue weighted by Gasteiger charge is -2.22. The number of aromatic nitrogens is 1. The van der Waals surface area contributed by atoms with Crippen molar-refractivity contribution in [2.24, 2.45) is 5.92 Å². The van der Waals surface area contributed by atoms with E-state index in [1.165, 1.54) is 18.3 Å². The Morgan fingerprint density at radius 1 is 1.53 bits per heavy atom. The van der Waals surface area contributed by atoms with Crippen LogP contribution in [-0.2, 0) is 16.0 Å². The molecule has 0 aliphatic carbocycles. The van der Waals surface area contributed by atoms with Gasteiger partial charge in [-0.3, -0.25) is 9.78 Å². The van der Waals surface area contributed by atoms with Crippen molar-refractivity contribution in [2.45, 2.75) is 39.7 Å². The first-order chi connectivity index (χ1) is 7.79. The van der Waals surface area contributed by atoms with Gasteiger partial charge in [0, 0.05) is 12.6 Å². The van der Waals surface area contributed by atoms with Crippen LogP contribution >= 0.6 is 0 Å². The Hall–Kier alpha value is -1.45. The van der Waals surface area contributed by atoms with Gasteiger partial charge in [-0.15, -0.1) is 0 Å². The standard InChI is InChI=1S/C13H18FNO2/c1-9(12(16)17-13(2,3)4)8-11-10(14)6-5-7-15-11/h5-7,9H,8H2,1-4H3. The lowest BCUT2D eigenvalue weighted by Crippen LogP contribution is -2.28. The fourth-order valence-corrected chi connectivity index (χ4v) is 1.34. The fourth-order valence-electron chi connectivity index (χ4n) is 1.34. The molecule has 0 fully saturated rings. The number of nitrogens with zero attached hydrogens (tertiary/aromatic N) is 1. The number of halogens is 1. The summed E-state index contributed by atoms with van der Waals surface area (Å²) in [6.07, 6.45) is 1.77. The van der Waals surface area contributed by atoms with Crippen LogP contribution in [0.3, 0.4) is 0 Å². The van der Waals surface area contributed by atoms with Gasteiger partial charge in [0.25, 0.3) is 0 Å². The number of ether oxygens (including phenoxy) is 1. The average molecular weight is 239 g/mol. The third kappa shape index (κ3) is 4.51. The van der Waals surface area contributed by atoms with Crippen LogP contribution in [0.5, 0.6) is 0 Å². The van der Waals surface area contributed by atoms with Crippen LogP contribution in [0, 0.1) is 11.7 Å². The summed E-state index contributed by atoms with van der Waals surface area (Å²) in [5.74, 6) is -1.12. The number of carbonyl (C=O) groups excluding carboxylic acids is 1. The predicted octanol–water partition coefficient (Wildman–Crippen LogP) is 2.74. The number of carbonyl (C=O) groups is 1. The molecule has 0 bridgehead atoms. The largest absolute Gasteiger partial charge is 0.460 e. The maximum absolute atomic E-state index is 13.3. The molecule has 94 valence electrons. The van der Waals surface area contributed by atoms with Crippen LogP contribution in [0.1, 0.15) is 33.4 Å². The molecule has 0 aromatic carbocycles. The van der Waals surface area contributed by atoms with Gasteiger partial charge in [-0.05, 0) is 32.9 Å². The summed E-state index contributed by atoms with van der Waals surface area (Å²) in [5.41, 5.74) is -0.223. The van der Waals surface area contributed by atoms with E-state index >= 15 is 0 Å². The highest BCUT2D eigenvalue weighted by molar-refractivity contribution is 5.72. The van der Waals surface area contributed by atoms with Crippen LogP contribution < -0.4 is 0 Å². The van der Waals surface area contributed by atoms with Gasteiger partial charge in [-0.1, -0.05) is 6.92 Å². The lowest BCUT2D eigenvalue weighted by molar-refractivity contribution is -0.159. The zero-order valence-electron chi connectivity index (χ0n) is 10.7. The predicted molar refractivity (Wildman–Crippen MR) is 62.9 cm³/mol. The summed E-state index contributed by atoms with van der Waals surface area (Å²) in [6, 6.07) is 2.86. The van der Waals surface area contributed by atoms with Gasteiger partial charge in [-0.2, -0.15) is 0 Å². The Kier molecular flexibility index (Phi) is 4.21. The molecule has 0 spiro atoms. The third-order valence-electron chi connectivity index (χ3n) is 2.14. The van der Waals surface area contributed by atoms with E-state index in [1.807, 2.05) is 0 Å². The summed E-state index contributed by atoms with van der Waals surface area (Å²) in [5, 5.41) is 0. The van der Waals surface area contributed by atoms with Gasteiger partial charge in [0.1, 0.15) is 11.4 Å². The Balaban J connectivity index is 2.64. The molecule has 0 amide bonds. The maximum Gasteiger partial charge on any atom is 0.309 e. The highest BCUT2D eigenvalue weighted by atomic mass is 19.1. The zero-order valence-corrected chi connectivity index (χ0v) is 10.7. The van der Waals surface area contributed by atoms with Crippen LogP contribution in [0.2, 0.25) is 0 Å². The molecule has 0 radical (unpaired) electrons. The Morgan fingerprint density at radius 3 is 2.71 bits per heavy atom. The van der Waals surface area contributed by atoms with Crippen LogP contribution in [0.4, 0.5) is 4.39 Å². The normalized spacial score (nSPS) is 13.2. The molecule has 0 aliphatic heterocycles. The number of pyridine rings is 1. The van der Waals surface area contributed by atoms with Gasteiger partial charge >= 0.3 is 5.97 Å². The van der Waals surface area contributed by atoms with E-state index in [0.29, 0.717) is 5.69 Å². The second-order valence-corrected chi connectivity index (χ2v) is 5.07. The number of rotatable bonds is 3. The molecular weight excluding hydrogens is 221 g/mol. The molecular formula is C13H18FNO2. The SMILES string of the molecule is CC(Cc1ncccc1F)C(=O)OC(C)(C)C. The Morgan fingerprint density at radius 2 is 2.18 bits per heavy atom. The maximum atomic E-state index is 13.3.